The molecule has 1 saturated heterocycles. The Morgan fingerprint density at radius 1 is 1.06 bits per heavy atom. The zero-order valence-corrected chi connectivity index (χ0v) is 23.5. The van der Waals surface area contributed by atoms with E-state index in [1.54, 1.807) is 0 Å². The molecule has 180 valence electrons. The van der Waals surface area contributed by atoms with E-state index in [0.29, 0.717) is 12.4 Å². The Labute approximate surface area is 192 Å². The maximum atomic E-state index is 13.4. The van der Waals surface area contributed by atoms with Crippen molar-refractivity contribution in [2.24, 2.45) is 17.8 Å². The van der Waals surface area contributed by atoms with Gasteiger partial charge in [-0.2, -0.15) is 0 Å². The van der Waals surface area contributed by atoms with Crippen molar-refractivity contribution < 1.29 is 18.4 Å². The van der Waals surface area contributed by atoms with Gasteiger partial charge in [-0.1, -0.05) is 48.0 Å². The highest BCUT2D eigenvalue weighted by molar-refractivity contribution is 6.74. The molecular weight excluding hydrogens is 422 g/mol. The predicted octanol–water partition coefficient (Wildman–Crippen LogP) is 5.52. The summed E-state index contributed by atoms with van der Waals surface area (Å²) in [5.74, 6) is -0.0108. The minimum Gasteiger partial charge on any atom is -0.416 e. The molecule has 2 rings (SSSR count). The van der Waals surface area contributed by atoms with E-state index >= 15 is 0 Å². The minimum atomic E-state index is -1.98. The molecule has 0 unspecified atom stereocenters. The summed E-state index contributed by atoms with van der Waals surface area (Å²) in [5.41, 5.74) is 0. The zero-order valence-electron chi connectivity index (χ0n) is 21.5. The molecule has 0 spiro atoms. The van der Waals surface area contributed by atoms with E-state index in [1.807, 2.05) is 6.92 Å². The Kier molecular flexibility index (Phi) is 8.78. The highest BCUT2D eigenvalue weighted by Crippen LogP contribution is 2.41. The number of carbonyl (C=O) groups is 2. The first-order valence-corrected chi connectivity index (χ1v) is 17.9. The van der Waals surface area contributed by atoms with Crippen LogP contribution in [0.5, 0.6) is 0 Å². The SMILES string of the molecule is CC[Si](CC)(CC)OC[C@H]1CCC[C@H]([C@H]2NC(=O)[C@@H]2[C@@H](C)O[Si](C)(C)C(C)(C)C)C1=O. The van der Waals surface area contributed by atoms with Crippen LogP contribution >= 0.6 is 0 Å². The van der Waals surface area contributed by atoms with Crippen LogP contribution in [0.15, 0.2) is 0 Å². The first-order valence-electron chi connectivity index (χ1n) is 12.5. The van der Waals surface area contributed by atoms with Crippen molar-refractivity contribution in [1.29, 1.82) is 0 Å². The number of Topliss-reactive ketones (excluding diaryl/α,β-unsaturated/α-hetero) is 1. The number of carbonyl (C=O) groups excluding carboxylic acids is 2. The van der Waals surface area contributed by atoms with Crippen molar-refractivity contribution in [3.05, 3.63) is 0 Å². The lowest BCUT2D eigenvalue weighted by Crippen LogP contribution is -2.68. The molecule has 2 aliphatic rings. The number of ketones is 1. The normalized spacial score (nSPS) is 28.8. The lowest BCUT2D eigenvalue weighted by molar-refractivity contribution is -0.147. The van der Waals surface area contributed by atoms with Crippen LogP contribution in [0.3, 0.4) is 0 Å². The summed E-state index contributed by atoms with van der Waals surface area (Å²) in [6, 6.07) is 3.22. The van der Waals surface area contributed by atoms with Gasteiger partial charge in [0.05, 0.1) is 18.1 Å². The molecular formula is C24H47NO4Si2. The number of hydrogen-bond acceptors (Lipinski definition) is 4. The third-order valence-electron chi connectivity index (χ3n) is 8.58. The average Bonchev–Trinajstić information content (AvgIpc) is 2.67. The molecule has 7 heteroatoms. The standard InChI is InChI=1S/C24H47NO4Si2/c1-10-31(11-2,12-3)28-16-18-14-13-15-19(22(18)26)21-20(23(27)25-21)17(4)29-30(8,9)24(5,6)7/h17-21H,10-16H2,1-9H3,(H,25,27)/t17-,18-,19-,20-,21-/m1/s1. The van der Waals surface area contributed by atoms with Gasteiger partial charge < -0.3 is 14.2 Å². The van der Waals surface area contributed by atoms with Crippen molar-refractivity contribution in [3.8, 4) is 0 Å². The van der Waals surface area contributed by atoms with E-state index in [0.717, 1.165) is 37.4 Å². The Hall–Kier alpha value is -0.506. The predicted molar refractivity (Wildman–Crippen MR) is 132 cm³/mol. The van der Waals surface area contributed by atoms with Crippen LogP contribution in [0, 0.1) is 17.8 Å². The molecule has 31 heavy (non-hydrogen) atoms. The van der Waals surface area contributed by atoms with Gasteiger partial charge in [0.25, 0.3) is 0 Å². The molecule has 1 aliphatic carbocycles. The Morgan fingerprint density at radius 3 is 2.13 bits per heavy atom. The number of rotatable bonds is 10. The first-order chi connectivity index (χ1) is 14.3. The molecule has 1 amide bonds. The van der Waals surface area contributed by atoms with E-state index < -0.39 is 16.6 Å². The van der Waals surface area contributed by atoms with Gasteiger partial charge in [-0.15, -0.1) is 0 Å². The zero-order chi connectivity index (χ0) is 23.6. The van der Waals surface area contributed by atoms with E-state index in [2.05, 4.69) is 60.0 Å². The van der Waals surface area contributed by atoms with Gasteiger partial charge in [0.2, 0.25) is 5.91 Å². The fourth-order valence-electron chi connectivity index (χ4n) is 5.01. The molecule has 5 atom stereocenters. The summed E-state index contributed by atoms with van der Waals surface area (Å²) in [4.78, 5) is 25.9. The van der Waals surface area contributed by atoms with Crippen molar-refractivity contribution >= 4 is 28.3 Å². The summed E-state index contributed by atoms with van der Waals surface area (Å²) < 4.78 is 13.0. The number of hydrogen-bond donors (Lipinski definition) is 1. The van der Waals surface area contributed by atoms with Gasteiger partial charge in [-0.25, -0.2) is 0 Å². The van der Waals surface area contributed by atoms with Crippen LogP contribution in [0.25, 0.3) is 0 Å². The van der Waals surface area contributed by atoms with Crippen molar-refractivity contribution in [1.82, 2.24) is 5.32 Å². The Balaban J connectivity index is 2.06. The number of amides is 1. The molecule has 5 nitrogen and oxygen atoms in total. The van der Waals surface area contributed by atoms with Crippen molar-refractivity contribution in [2.75, 3.05) is 6.61 Å². The largest absolute Gasteiger partial charge is 0.416 e. The molecule has 1 aliphatic heterocycles. The molecule has 1 heterocycles. The van der Waals surface area contributed by atoms with E-state index in [1.165, 1.54) is 0 Å². The van der Waals surface area contributed by atoms with Gasteiger partial charge in [0, 0.05) is 18.4 Å². The molecule has 0 radical (unpaired) electrons. The van der Waals surface area contributed by atoms with E-state index in [-0.39, 0.29) is 40.8 Å². The third-order valence-corrected chi connectivity index (χ3v) is 17.8. The lowest BCUT2D eigenvalue weighted by Gasteiger charge is -2.48. The highest BCUT2D eigenvalue weighted by atomic mass is 28.4. The van der Waals surface area contributed by atoms with Crippen LogP contribution < -0.4 is 5.32 Å². The molecule has 1 saturated carbocycles. The van der Waals surface area contributed by atoms with Crippen LogP contribution in [-0.4, -0.2) is 47.1 Å². The second-order valence-electron chi connectivity index (χ2n) is 11.3. The van der Waals surface area contributed by atoms with Crippen LogP contribution in [-0.2, 0) is 18.4 Å². The van der Waals surface area contributed by atoms with Gasteiger partial charge in [-0.3, -0.25) is 9.59 Å². The monoisotopic (exact) mass is 469 g/mol. The van der Waals surface area contributed by atoms with Crippen LogP contribution in [0.2, 0.25) is 36.3 Å². The van der Waals surface area contributed by atoms with Gasteiger partial charge in [0.1, 0.15) is 5.78 Å². The molecule has 1 N–H and O–H groups in total. The summed E-state index contributed by atoms with van der Waals surface area (Å²) in [6.45, 7) is 20.4. The minimum absolute atomic E-state index is 0.0231. The van der Waals surface area contributed by atoms with E-state index in [9.17, 15) is 9.59 Å². The molecule has 0 aromatic rings. The second kappa shape index (κ2) is 10.2. The highest BCUT2D eigenvalue weighted by Gasteiger charge is 2.52. The smallest absolute Gasteiger partial charge is 0.228 e. The Morgan fingerprint density at radius 2 is 1.65 bits per heavy atom. The fraction of sp³-hybridized carbons (Fsp3) is 0.917. The van der Waals surface area contributed by atoms with Gasteiger partial charge in [0.15, 0.2) is 16.6 Å². The fourth-order valence-corrected chi connectivity index (χ4v) is 9.11. The lowest BCUT2D eigenvalue weighted by atomic mass is 9.69. The molecule has 0 aromatic carbocycles. The maximum absolute atomic E-state index is 13.4. The topological polar surface area (TPSA) is 64.6 Å². The summed E-state index contributed by atoms with van der Waals surface area (Å²) >= 11 is 0. The Bertz CT molecular complexity index is 634. The summed E-state index contributed by atoms with van der Waals surface area (Å²) in [6.07, 6.45) is 2.64. The average molecular weight is 470 g/mol. The number of nitrogens with one attached hydrogen (secondary N) is 1. The number of β-lactam (4-membered cyclic amide) rings is 1. The van der Waals surface area contributed by atoms with Crippen molar-refractivity contribution in [2.45, 2.75) is 116 Å². The van der Waals surface area contributed by atoms with Crippen LogP contribution in [0.1, 0.15) is 67.7 Å². The van der Waals surface area contributed by atoms with Crippen LogP contribution in [0.4, 0.5) is 0 Å². The van der Waals surface area contributed by atoms with E-state index in [4.69, 9.17) is 8.85 Å². The maximum Gasteiger partial charge on any atom is 0.228 e. The van der Waals surface area contributed by atoms with Gasteiger partial charge in [-0.05, 0) is 56.0 Å². The summed E-state index contributed by atoms with van der Waals surface area (Å²) in [5, 5.41) is 3.16. The van der Waals surface area contributed by atoms with Crippen molar-refractivity contribution in [3.63, 3.8) is 0 Å². The molecule has 0 bridgehead atoms. The molecule has 0 aromatic heterocycles. The quantitative estimate of drug-likeness (QED) is 0.338. The summed E-state index contributed by atoms with van der Waals surface area (Å²) in [7, 11) is -3.68. The molecule has 2 fully saturated rings. The third kappa shape index (κ3) is 5.71. The van der Waals surface area contributed by atoms with Gasteiger partial charge >= 0.3 is 0 Å². The second-order valence-corrected chi connectivity index (χ2v) is 20.9. The first kappa shape index (κ1) is 26.7.